The number of carbonyl (C=O) groups excluding carboxylic acids is 10. The number of aromatic nitrogens is 4. The number of oxime groups is 2. The average molecular weight is 1570 g/mol. The predicted molar refractivity (Wildman–Crippen MR) is 383 cm³/mol. The Balaban J connectivity index is 1.15. The molecule has 3 aliphatic heterocycles. The molecule has 2 spiro atoms. The second-order valence-corrected chi connectivity index (χ2v) is 26.5. The summed E-state index contributed by atoms with van der Waals surface area (Å²) in [4.78, 5) is 191. The molecule has 6 atom stereocenters. The Morgan fingerprint density at radius 3 is 1.14 bits per heavy atom. The van der Waals surface area contributed by atoms with Crippen molar-refractivity contribution in [1.29, 1.82) is 0 Å². The van der Waals surface area contributed by atoms with Crippen LogP contribution in [0, 0.1) is 0 Å². The van der Waals surface area contributed by atoms with Gasteiger partial charge in [0.2, 0.25) is 47.3 Å². The summed E-state index contributed by atoms with van der Waals surface area (Å²) in [5.41, 5.74) is 32.7. The molecule has 2 aromatic heterocycles. The van der Waals surface area contributed by atoms with Crippen molar-refractivity contribution in [2.75, 3.05) is 153 Å². The Morgan fingerprint density at radius 2 is 0.840 bits per heavy atom. The summed E-state index contributed by atoms with van der Waals surface area (Å²) in [6, 6.07) is -9.24. The number of carbonyl (C=O) groups is 12. The fourth-order valence-electron chi connectivity index (χ4n) is 11.1. The molecule has 0 unspecified atom stereocenters. The van der Waals surface area contributed by atoms with E-state index in [2.05, 4.69) is 72.0 Å². The van der Waals surface area contributed by atoms with Crippen LogP contribution in [0.25, 0.3) is 0 Å². The molecule has 106 heavy (non-hydrogen) atoms. The molecular formula is C58H90Cl2N26O18S2+2. The van der Waals surface area contributed by atoms with E-state index in [0.29, 0.717) is 59.3 Å². The highest BCUT2D eigenvalue weighted by Crippen LogP contribution is 2.32. The van der Waals surface area contributed by atoms with Gasteiger partial charge < -0.3 is 126 Å². The third-order valence-electron chi connectivity index (χ3n) is 16.8. The summed E-state index contributed by atoms with van der Waals surface area (Å²) >= 11 is 16.1. The van der Waals surface area contributed by atoms with Crippen LogP contribution in [0.2, 0.25) is 10.3 Å². The minimum atomic E-state index is -1.75. The molecule has 584 valence electrons. The first-order valence-electron chi connectivity index (χ1n) is 32.8. The first kappa shape index (κ1) is 86.6. The highest BCUT2D eigenvalue weighted by atomic mass is 35.5. The van der Waals surface area contributed by atoms with Crippen LogP contribution < -0.4 is 86.7 Å². The van der Waals surface area contributed by atoms with Crippen LogP contribution in [-0.2, 0) is 67.2 Å². The number of aliphatic carboxylic acids is 2. The average Bonchev–Trinajstić information content (AvgIpc) is 0.754. The van der Waals surface area contributed by atoms with Crippen molar-refractivity contribution < 1.29 is 96.6 Å². The van der Waals surface area contributed by atoms with Crippen LogP contribution in [0.15, 0.2) is 30.6 Å². The molecule has 5 heterocycles. The number of hydrogen-bond acceptors (Lipinski definition) is 28. The summed E-state index contributed by atoms with van der Waals surface area (Å²) < 4.78 is 1.74. The summed E-state index contributed by atoms with van der Waals surface area (Å²) in [5.74, 6) is -12.4. The molecule has 0 radical (unpaired) electrons. The zero-order valence-corrected chi connectivity index (χ0v) is 61.1. The van der Waals surface area contributed by atoms with E-state index in [1.165, 1.54) is 36.0 Å². The quantitative estimate of drug-likeness (QED) is 0.00429. The number of aliphatic imine (C=N–C) groups is 2. The molecule has 44 nitrogen and oxygen atoms in total. The van der Waals surface area contributed by atoms with E-state index in [9.17, 15) is 78.0 Å². The lowest BCUT2D eigenvalue weighted by Gasteiger charge is -2.54. The van der Waals surface area contributed by atoms with E-state index < -0.39 is 160 Å². The Bertz CT molecular complexity index is 3360. The number of anilines is 2. The van der Waals surface area contributed by atoms with Crippen molar-refractivity contribution >= 4 is 154 Å². The number of carboxylic acid groups (broad SMARTS) is 2. The number of nitrogens with one attached hydrogen (secondary N) is 8. The maximum atomic E-state index is 13.4. The zero-order valence-electron chi connectivity index (χ0n) is 57.9. The molecule has 0 aliphatic carbocycles. The molecule has 3 aliphatic rings. The number of halogens is 2. The number of aliphatic hydroxyl groups is 2. The number of quaternary nitrogens is 2. The van der Waals surface area contributed by atoms with Crippen LogP contribution in [0.5, 0.6) is 0 Å². The molecule has 2 aromatic rings. The number of aliphatic hydroxyl groups excluding tert-OH is 2. The van der Waals surface area contributed by atoms with Gasteiger partial charge in [0.05, 0.1) is 115 Å². The number of nitrogens with two attached hydrogens (primary N) is 6. The Hall–Kier alpha value is -10.0. The first-order valence-corrected chi connectivity index (χ1v) is 36.0. The number of piperazine rings is 3. The normalized spacial score (nSPS) is 16.2. The van der Waals surface area contributed by atoms with E-state index in [4.69, 9.17) is 77.2 Å². The highest BCUT2D eigenvalue weighted by Gasteiger charge is 2.46. The number of thioether (sulfide) groups is 2. The van der Waals surface area contributed by atoms with E-state index in [0.717, 1.165) is 61.3 Å². The lowest BCUT2D eigenvalue weighted by Crippen LogP contribution is -2.73. The van der Waals surface area contributed by atoms with E-state index >= 15 is 0 Å². The molecule has 10 amide bonds. The third kappa shape index (κ3) is 28.1. The lowest BCUT2D eigenvalue weighted by atomic mass is 10.1. The van der Waals surface area contributed by atoms with Crippen LogP contribution in [0.3, 0.4) is 0 Å². The van der Waals surface area contributed by atoms with Crippen molar-refractivity contribution in [2.24, 2.45) is 54.7 Å². The Labute approximate surface area is 624 Å². The second kappa shape index (κ2) is 42.8. The van der Waals surface area contributed by atoms with Gasteiger partial charge in [-0.1, -0.05) is 57.0 Å². The van der Waals surface area contributed by atoms with Crippen molar-refractivity contribution in [1.82, 2.24) is 62.5 Å². The minimum absolute atomic E-state index is 0.0465. The van der Waals surface area contributed by atoms with Crippen molar-refractivity contribution in [3.63, 3.8) is 0 Å². The number of guanidine groups is 2. The minimum Gasteiger partial charge on any atom is -0.481 e. The molecular weight excluding hydrogens is 1480 g/mol. The van der Waals surface area contributed by atoms with Crippen molar-refractivity contribution in [3.8, 4) is 0 Å². The topological polar surface area (TPSA) is 664 Å². The van der Waals surface area contributed by atoms with Gasteiger partial charge in [-0.15, -0.1) is 0 Å². The van der Waals surface area contributed by atoms with Gasteiger partial charge in [0.15, 0.2) is 35.4 Å². The number of rotatable bonds is 42. The van der Waals surface area contributed by atoms with Crippen LogP contribution >= 0.6 is 46.7 Å². The smallest absolute Gasteiger partial charge is 0.305 e. The maximum Gasteiger partial charge on any atom is 0.305 e. The van der Waals surface area contributed by atoms with Crippen molar-refractivity contribution in [3.05, 3.63) is 21.4 Å². The molecule has 0 saturated carbocycles. The fraction of sp³-hybridized carbons (Fsp3) is 0.586. The van der Waals surface area contributed by atoms with Gasteiger partial charge in [-0.3, -0.25) is 67.5 Å². The van der Waals surface area contributed by atoms with Gasteiger partial charge in [0.25, 0.3) is 11.8 Å². The number of nitrogens with zero attached hydrogens (tertiary/aromatic N) is 12. The zero-order chi connectivity index (χ0) is 78.3. The molecule has 3 saturated heterocycles. The van der Waals surface area contributed by atoms with E-state index in [-0.39, 0.29) is 61.0 Å². The van der Waals surface area contributed by atoms with Crippen LogP contribution in [-0.4, -0.2) is 325 Å². The highest BCUT2D eigenvalue weighted by molar-refractivity contribution is 7.98. The second-order valence-electron chi connectivity index (χ2n) is 24.2. The van der Waals surface area contributed by atoms with E-state index in [1.54, 1.807) is 12.5 Å². The summed E-state index contributed by atoms with van der Waals surface area (Å²) in [7, 11) is 0. The lowest BCUT2D eigenvalue weighted by molar-refractivity contribution is -1.03. The summed E-state index contributed by atoms with van der Waals surface area (Å²) in [6.45, 7) is 4.48. The van der Waals surface area contributed by atoms with Gasteiger partial charge >= 0.3 is 11.9 Å². The predicted octanol–water partition coefficient (Wildman–Crippen LogP) is -9.14. The van der Waals surface area contributed by atoms with Gasteiger partial charge in [0.1, 0.15) is 84.4 Å². The number of carboxylic acids is 2. The molecule has 0 bridgehead atoms. The fourth-order valence-corrected chi connectivity index (χ4v) is 12.3. The number of primary amides is 2. The number of amides is 10. The van der Waals surface area contributed by atoms with E-state index in [1.807, 2.05) is 10.6 Å². The maximum absolute atomic E-state index is 13.4. The first-order chi connectivity index (χ1) is 50.3. The summed E-state index contributed by atoms with van der Waals surface area (Å²) in [5, 5.41) is 64.3. The SMILES string of the molecule is CSc1nc(Cl)c(/C=N\OCC(=O)N[C@@H](CCCN=C(N)N)C(=O)NCC(=O)N[C@@H](CC(=O)O)C(=O)N[C@@H](CO)C(N)=O)c(N2CC[N+]3(CC2)CC[N+]2(CCN(c4nc(SC)nc(Cl)c4/C=N\OCC(=O)N[C@@H](CCCN=C(N)N)C(=O)NCC(=O)N[C@@H](CC(=O)O)C(=O)N[C@@H](CO)C(N)=O)CC2)CC3)n1. The number of hydrogen-bond donors (Lipinski definition) is 18. The summed E-state index contributed by atoms with van der Waals surface area (Å²) in [6.07, 6.45) is 4.55. The molecule has 5 rings (SSSR count). The van der Waals surface area contributed by atoms with Gasteiger partial charge in [-0.2, -0.15) is 0 Å². The Morgan fingerprint density at radius 1 is 0.500 bits per heavy atom. The Kier molecular flexibility index (Phi) is 35.0. The largest absolute Gasteiger partial charge is 0.481 e. The standard InChI is InChI=1S/C58H88Cl2N26O18S2/c1-105-57-79-45(59)31(23-71-103-29-41(91)73-33(5-3-7-67-55(63)64)51(99)69-25-39(89)75-35(21-43(93)94)53(101)77-37(27-87)47(61)97)49(81-57)83-9-13-85(14-10-83)17-19-86(20-18-85)15-11-84(12-16-86)50-32(46(60)80-58(82-50)106-2)24-72-104-30-42(92)74-34(6-4-8-68-56(65)66)52(100)70-26-40(90)76-36(22-44(95)96)54(102)78-38(28-88)48(62)98/h23-24,33-38,87-88H,3-22,25-30H2,1-2H3,(H20-2,61,62,63,64,65,66,67,68,69,70,73,74,75,76,77,78,89,90,91,92,93,94,95,96,97,98,99,100,101,102)/p+2/b71-23-,72-24-/t33-,34-,35-,36-,37-,38-/m0/s1. The van der Waals surface area contributed by atoms with Gasteiger partial charge in [-0.25, -0.2) is 19.9 Å². The van der Waals surface area contributed by atoms with Crippen LogP contribution in [0.1, 0.15) is 49.7 Å². The van der Waals surface area contributed by atoms with Gasteiger partial charge in [0, 0.05) is 13.1 Å². The molecule has 3 fully saturated rings. The van der Waals surface area contributed by atoms with Gasteiger partial charge in [-0.05, 0) is 38.2 Å². The van der Waals surface area contributed by atoms with Crippen LogP contribution in [0.4, 0.5) is 11.6 Å². The van der Waals surface area contributed by atoms with Crippen molar-refractivity contribution in [2.45, 2.75) is 85.1 Å². The molecule has 0 aromatic carbocycles. The third-order valence-corrected chi connectivity index (χ3v) is 18.5. The molecule has 24 N–H and O–H groups in total. The molecule has 48 heteroatoms. The monoisotopic (exact) mass is 1570 g/mol.